The number of carboxylic acids is 1. The van der Waals surface area contributed by atoms with E-state index < -0.39 is 12.0 Å². The van der Waals surface area contributed by atoms with Crippen LogP contribution in [0.3, 0.4) is 0 Å². The van der Waals surface area contributed by atoms with Crippen LogP contribution in [0.15, 0.2) is 12.4 Å². The van der Waals surface area contributed by atoms with E-state index in [4.69, 9.17) is 5.11 Å². The minimum atomic E-state index is -0.817. The maximum Gasteiger partial charge on any atom is 0.326 e. The van der Waals surface area contributed by atoms with Gasteiger partial charge in [0.2, 0.25) is 0 Å². The van der Waals surface area contributed by atoms with Gasteiger partial charge in [-0.05, 0) is 6.42 Å². The van der Waals surface area contributed by atoms with Crippen LogP contribution in [0, 0.1) is 0 Å². The van der Waals surface area contributed by atoms with Crippen LogP contribution >= 0.6 is 0 Å². The van der Waals surface area contributed by atoms with E-state index in [1.54, 1.807) is 0 Å². The molecule has 4 heteroatoms. The van der Waals surface area contributed by atoms with Crippen LogP contribution in [0.1, 0.15) is 6.42 Å². The number of rotatable bonds is 1. The molecular formula is C6H10N2O2. The predicted octanol–water partition coefficient (Wildman–Crippen LogP) is -0.506. The molecule has 0 amide bonds. The molecule has 1 rings (SSSR count). The van der Waals surface area contributed by atoms with Crippen molar-refractivity contribution in [1.29, 1.82) is 0 Å². The molecule has 0 saturated carbocycles. The topological polar surface area (TPSA) is 61.4 Å². The van der Waals surface area contributed by atoms with Crippen molar-refractivity contribution in [1.82, 2.24) is 10.6 Å². The lowest BCUT2D eigenvalue weighted by Gasteiger charge is -2.23. The van der Waals surface area contributed by atoms with E-state index in [0.29, 0.717) is 18.8 Å². The van der Waals surface area contributed by atoms with Crippen LogP contribution in [0.5, 0.6) is 0 Å². The monoisotopic (exact) mass is 142 g/mol. The maximum absolute atomic E-state index is 10.4. The van der Waals surface area contributed by atoms with Crippen molar-refractivity contribution in [2.75, 3.05) is 6.54 Å². The van der Waals surface area contributed by atoms with Crippen molar-refractivity contribution in [2.24, 2.45) is 0 Å². The van der Waals surface area contributed by atoms with E-state index in [0.717, 1.165) is 0 Å². The zero-order valence-corrected chi connectivity index (χ0v) is 5.55. The highest BCUT2D eigenvalue weighted by molar-refractivity contribution is 5.73. The zero-order valence-electron chi connectivity index (χ0n) is 5.55. The van der Waals surface area contributed by atoms with Gasteiger partial charge in [0.25, 0.3) is 0 Å². The van der Waals surface area contributed by atoms with Crippen molar-refractivity contribution in [3.05, 3.63) is 12.4 Å². The second-order valence-corrected chi connectivity index (χ2v) is 2.23. The summed E-state index contributed by atoms with van der Waals surface area (Å²) in [6.45, 7) is 4.24. The number of carbonyl (C=O) groups is 1. The summed E-state index contributed by atoms with van der Waals surface area (Å²) in [6, 6.07) is -0.464. The minimum absolute atomic E-state index is 0.464. The lowest BCUT2D eigenvalue weighted by atomic mass is 10.2. The molecule has 4 nitrogen and oxygen atoms in total. The molecule has 56 valence electrons. The first kappa shape index (κ1) is 6.92. The molecule has 0 aromatic carbocycles. The van der Waals surface area contributed by atoms with Crippen molar-refractivity contribution in [2.45, 2.75) is 12.5 Å². The highest BCUT2D eigenvalue weighted by atomic mass is 16.4. The predicted molar refractivity (Wildman–Crippen MR) is 36.3 cm³/mol. The molecule has 0 spiro atoms. The summed E-state index contributed by atoms with van der Waals surface area (Å²) in [7, 11) is 0. The highest BCUT2D eigenvalue weighted by Crippen LogP contribution is 1.99. The molecule has 10 heavy (non-hydrogen) atoms. The Morgan fingerprint density at radius 2 is 2.50 bits per heavy atom. The van der Waals surface area contributed by atoms with Gasteiger partial charge in [-0.1, -0.05) is 6.58 Å². The number of aliphatic carboxylic acids is 1. The third-order valence-corrected chi connectivity index (χ3v) is 1.42. The van der Waals surface area contributed by atoms with Crippen molar-refractivity contribution in [3.8, 4) is 0 Å². The average molecular weight is 142 g/mol. The summed E-state index contributed by atoms with van der Waals surface area (Å²) in [4.78, 5) is 10.4. The van der Waals surface area contributed by atoms with Gasteiger partial charge in [-0.25, -0.2) is 4.79 Å². The van der Waals surface area contributed by atoms with Crippen molar-refractivity contribution in [3.63, 3.8) is 0 Å². The average Bonchev–Trinajstić information content (AvgIpc) is 1.88. The Kier molecular flexibility index (Phi) is 1.80. The summed E-state index contributed by atoms with van der Waals surface area (Å²) >= 11 is 0. The van der Waals surface area contributed by atoms with E-state index in [-0.39, 0.29) is 0 Å². The van der Waals surface area contributed by atoms with Crippen LogP contribution in [0.25, 0.3) is 0 Å². The molecule has 1 atom stereocenters. The molecular weight excluding hydrogens is 132 g/mol. The highest BCUT2D eigenvalue weighted by Gasteiger charge is 2.20. The van der Waals surface area contributed by atoms with E-state index in [9.17, 15) is 4.79 Å². The molecule has 1 heterocycles. The quantitative estimate of drug-likeness (QED) is 0.461. The first-order valence-corrected chi connectivity index (χ1v) is 3.12. The summed E-state index contributed by atoms with van der Waals surface area (Å²) in [6.07, 6.45) is 0.606. The smallest absolute Gasteiger partial charge is 0.326 e. The molecule has 0 bridgehead atoms. The Morgan fingerprint density at radius 3 is 2.90 bits per heavy atom. The van der Waals surface area contributed by atoms with E-state index in [1.165, 1.54) is 0 Å². The van der Waals surface area contributed by atoms with Gasteiger partial charge in [-0.2, -0.15) is 0 Å². The van der Waals surface area contributed by atoms with Crippen LogP contribution in [-0.2, 0) is 4.79 Å². The number of hydrogen-bond acceptors (Lipinski definition) is 3. The standard InChI is InChI=1S/C6H10N2O2/c1-4-7-3-2-5(8-4)6(9)10/h5,7-8H,1-3H2,(H,9,10). The Bertz CT molecular complexity index is 165. The number of carboxylic acid groups (broad SMARTS) is 1. The number of hydrogen-bond donors (Lipinski definition) is 3. The summed E-state index contributed by atoms with van der Waals surface area (Å²) in [5, 5.41) is 14.1. The van der Waals surface area contributed by atoms with Gasteiger partial charge >= 0.3 is 5.97 Å². The molecule has 1 aliphatic rings. The molecule has 0 aromatic heterocycles. The fourth-order valence-electron chi connectivity index (χ4n) is 0.886. The van der Waals surface area contributed by atoms with Gasteiger partial charge in [0.05, 0.1) is 5.82 Å². The normalized spacial score (nSPS) is 24.8. The summed E-state index contributed by atoms with van der Waals surface area (Å²) in [5.74, 6) is -0.221. The van der Waals surface area contributed by atoms with Gasteiger partial charge in [-0.15, -0.1) is 0 Å². The molecule has 3 N–H and O–H groups in total. The Balaban J connectivity index is 2.47. The molecule has 1 unspecified atom stereocenters. The molecule has 0 radical (unpaired) electrons. The summed E-state index contributed by atoms with van der Waals surface area (Å²) in [5.41, 5.74) is 0. The van der Waals surface area contributed by atoms with Gasteiger partial charge in [0, 0.05) is 6.54 Å². The maximum atomic E-state index is 10.4. The minimum Gasteiger partial charge on any atom is -0.480 e. The first-order chi connectivity index (χ1) is 4.70. The molecule has 1 saturated heterocycles. The van der Waals surface area contributed by atoms with E-state index >= 15 is 0 Å². The fourth-order valence-corrected chi connectivity index (χ4v) is 0.886. The molecule has 1 aliphatic heterocycles. The van der Waals surface area contributed by atoms with Crippen LogP contribution < -0.4 is 10.6 Å². The van der Waals surface area contributed by atoms with Gasteiger partial charge < -0.3 is 15.7 Å². The largest absolute Gasteiger partial charge is 0.480 e. The van der Waals surface area contributed by atoms with Crippen molar-refractivity contribution >= 4 is 5.97 Å². The van der Waals surface area contributed by atoms with Gasteiger partial charge in [-0.3, -0.25) is 0 Å². The third-order valence-electron chi connectivity index (χ3n) is 1.42. The second kappa shape index (κ2) is 2.60. The van der Waals surface area contributed by atoms with Crippen LogP contribution in [0.4, 0.5) is 0 Å². The van der Waals surface area contributed by atoms with Gasteiger partial charge in [0.1, 0.15) is 6.04 Å². The SMILES string of the molecule is C=C1NCCC(C(=O)O)N1. The summed E-state index contributed by atoms with van der Waals surface area (Å²) < 4.78 is 0. The molecule has 1 fully saturated rings. The Labute approximate surface area is 58.9 Å². The van der Waals surface area contributed by atoms with Crippen molar-refractivity contribution < 1.29 is 9.90 Å². The second-order valence-electron chi connectivity index (χ2n) is 2.23. The van der Waals surface area contributed by atoms with E-state index in [2.05, 4.69) is 17.2 Å². The zero-order chi connectivity index (χ0) is 7.56. The molecule has 0 aliphatic carbocycles. The molecule has 0 aromatic rings. The lowest BCUT2D eigenvalue weighted by Crippen LogP contribution is -2.46. The fraction of sp³-hybridized carbons (Fsp3) is 0.500. The Hall–Kier alpha value is -1.19. The Morgan fingerprint density at radius 1 is 1.80 bits per heavy atom. The first-order valence-electron chi connectivity index (χ1n) is 3.12. The van der Waals surface area contributed by atoms with Gasteiger partial charge in [0.15, 0.2) is 0 Å². The van der Waals surface area contributed by atoms with Crippen LogP contribution in [0.2, 0.25) is 0 Å². The van der Waals surface area contributed by atoms with Crippen LogP contribution in [-0.4, -0.2) is 23.7 Å². The number of nitrogens with one attached hydrogen (secondary N) is 2. The van der Waals surface area contributed by atoms with E-state index in [1.807, 2.05) is 0 Å². The third kappa shape index (κ3) is 1.40. The lowest BCUT2D eigenvalue weighted by molar-refractivity contribution is -0.139.